The fourth-order valence-corrected chi connectivity index (χ4v) is 3.38. The molecule has 2 amide bonds. The standard InChI is InChI=1S/C15H21N3O3/c1-18(12-7-10-4-5-11(8-12)16-10)9-14(19)17-15(20)13-3-2-6-21-13/h2-3,6,10-12,16H,4-5,7-9H2,1H3,(H,17,19,20). The molecule has 114 valence electrons. The predicted molar refractivity (Wildman–Crippen MR) is 76.8 cm³/mol. The van der Waals surface area contributed by atoms with Crippen LogP contribution in [0.25, 0.3) is 0 Å². The van der Waals surface area contributed by atoms with Crippen molar-refractivity contribution < 1.29 is 14.0 Å². The Hall–Kier alpha value is -1.66. The van der Waals surface area contributed by atoms with Gasteiger partial charge in [-0.1, -0.05) is 0 Å². The fraction of sp³-hybridized carbons (Fsp3) is 0.600. The summed E-state index contributed by atoms with van der Waals surface area (Å²) in [5.74, 6) is -0.612. The van der Waals surface area contributed by atoms with Crippen LogP contribution in [0.5, 0.6) is 0 Å². The van der Waals surface area contributed by atoms with Crippen LogP contribution in [-0.4, -0.2) is 48.4 Å². The molecule has 1 aromatic heterocycles. The molecule has 2 aliphatic heterocycles. The van der Waals surface area contributed by atoms with Crippen LogP contribution in [0.3, 0.4) is 0 Å². The fourth-order valence-electron chi connectivity index (χ4n) is 3.38. The van der Waals surface area contributed by atoms with Gasteiger partial charge in [-0.3, -0.25) is 19.8 Å². The first-order chi connectivity index (χ1) is 10.1. The Morgan fingerprint density at radius 3 is 2.71 bits per heavy atom. The number of furan rings is 1. The average Bonchev–Trinajstić information content (AvgIpc) is 3.08. The molecule has 0 aromatic carbocycles. The molecule has 3 heterocycles. The smallest absolute Gasteiger partial charge is 0.293 e. The van der Waals surface area contributed by atoms with E-state index in [1.807, 2.05) is 7.05 Å². The maximum Gasteiger partial charge on any atom is 0.293 e. The van der Waals surface area contributed by atoms with Crippen molar-refractivity contribution in [2.45, 2.75) is 43.8 Å². The van der Waals surface area contributed by atoms with Crippen LogP contribution in [0.4, 0.5) is 0 Å². The molecule has 0 radical (unpaired) electrons. The van der Waals surface area contributed by atoms with E-state index in [0.29, 0.717) is 18.1 Å². The number of nitrogens with zero attached hydrogens (tertiary/aromatic N) is 1. The third kappa shape index (κ3) is 3.33. The summed E-state index contributed by atoms with van der Waals surface area (Å²) in [5.41, 5.74) is 0. The van der Waals surface area contributed by atoms with Crippen LogP contribution >= 0.6 is 0 Å². The third-order valence-electron chi connectivity index (χ3n) is 4.46. The summed E-state index contributed by atoms with van der Waals surface area (Å²) in [6.45, 7) is 0.233. The Kier molecular flexibility index (Phi) is 4.07. The van der Waals surface area contributed by atoms with Gasteiger partial charge < -0.3 is 9.73 Å². The van der Waals surface area contributed by atoms with E-state index in [4.69, 9.17) is 4.42 Å². The summed E-state index contributed by atoms with van der Waals surface area (Å²) in [4.78, 5) is 25.7. The molecule has 2 fully saturated rings. The number of likely N-dealkylation sites (N-methyl/N-ethyl adjacent to an activating group) is 1. The van der Waals surface area contributed by atoms with E-state index in [1.54, 1.807) is 6.07 Å². The summed E-state index contributed by atoms with van der Waals surface area (Å²) in [7, 11) is 1.95. The zero-order chi connectivity index (χ0) is 14.8. The molecular formula is C15H21N3O3. The summed E-state index contributed by atoms with van der Waals surface area (Å²) >= 11 is 0. The van der Waals surface area contributed by atoms with Gasteiger partial charge in [0.15, 0.2) is 5.76 Å². The van der Waals surface area contributed by atoms with Crippen molar-refractivity contribution in [1.29, 1.82) is 0 Å². The average molecular weight is 291 g/mol. The van der Waals surface area contributed by atoms with E-state index in [9.17, 15) is 9.59 Å². The Balaban J connectivity index is 1.49. The Morgan fingerprint density at radius 2 is 2.10 bits per heavy atom. The highest BCUT2D eigenvalue weighted by molar-refractivity contribution is 6.03. The molecule has 0 spiro atoms. The summed E-state index contributed by atoms with van der Waals surface area (Å²) < 4.78 is 4.97. The van der Waals surface area contributed by atoms with Gasteiger partial charge in [-0.05, 0) is 44.9 Å². The first-order valence-corrected chi connectivity index (χ1v) is 7.46. The molecule has 2 saturated heterocycles. The lowest BCUT2D eigenvalue weighted by molar-refractivity contribution is -0.121. The maximum absolute atomic E-state index is 11.9. The minimum absolute atomic E-state index is 0.158. The van der Waals surface area contributed by atoms with Crippen molar-refractivity contribution in [2.24, 2.45) is 0 Å². The Bertz CT molecular complexity index is 502. The molecule has 2 atom stereocenters. The van der Waals surface area contributed by atoms with E-state index in [1.165, 1.54) is 25.2 Å². The second-order valence-corrected chi connectivity index (χ2v) is 6.03. The molecule has 6 heteroatoms. The first kappa shape index (κ1) is 14.3. The van der Waals surface area contributed by atoms with Crippen LogP contribution in [0.2, 0.25) is 0 Å². The van der Waals surface area contributed by atoms with Gasteiger partial charge in [-0.2, -0.15) is 0 Å². The number of nitrogens with one attached hydrogen (secondary N) is 2. The molecule has 21 heavy (non-hydrogen) atoms. The van der Waals surface area contributed by atoms with Gasteiger partial charge in [0, 0.05) is 18.1 Å². The minimum Gasteiger partial charge on any atom is -0.459 e. The molecule has 2 unspecified atom stereocenters. The minimum atomic E-state index is -0.483. The Labute approximate surface area is 123 Å². The monoisotopic (exact) mass is 291 g/mol. The highest BCUT2D eigenvalue weighted by Crippen LogP contribution is 2.29. The number of piperidine rings is 1. The number of hydrogen-bond acceptors (Lipinski definition) is 5. The number of amides is 2. The number of carbonyl (C=O) groups excluding carboxylic acids is 2. The van der Waals surface area contributed by atoms with Crippen LogP contribution in [-0.2, 0) is 4.79 Å². The van der Waals surface area contributed by atoms with Crippen molar-refractivity contribution >= 4 is 11.8 Å². The van der Waals surface area contributed by atoms with E-state index < -0.39 is 5.91 Å². The molecule has 3 rings (SSSR count). The van der Waals surface area contributed by atoms with Gasteiger partial charge in [0.05, 0.1) is 12.8 Å². The summed E-state index contributed by atoms with van der Waals surface area (Å²) in [6, 6.07) is 4.74. The van der Waals surface area contributed by atoms with Gasteiger partial charge >= 0.3 is 0 Å². The lowest BCUT2D eigenvalue weighted by atomic mass is 9.98. The largest absolute Gasteiger partial charge is 0.459 e. The van der Waals surface area contributed by atoms with Crippen LogP contribution in [0.1, 0.15) is 36.2 Å². The number of imide groups is 1. The topological polar surface area (TPSA) is 74.6 Å². The second-order valence-electron chi connectivity index (χ2n) is 6.03. The van der Waals surface area contributed by atoms with Gasteiger partial charge in [0.1, 0.15) is 0 Å². The van der Waals surface area contributed by atoms with Crippen molar-refractivity contribution in [3.8, 4) is 0 Å². The van der Waals surface area contributed by atoms with Gasteiger partial charge in [0.25, 0.3) is 5.91 Å². The molecular weight excluding hydrogens is 270 g/mol. The van der Waals surface area contributed by atoms with E-state index in [-0.39, 0.29) is 18.2 Å². The van der Waals surface area contributed by atoms with E-state index in [2.05, 4.69) is 15.5 Å². The summed E-state index contributed by atoms with van der Waals surface area (Å²) in [5, 5.41) is 5.95. The molecule has 0 aliphatic carbocycles. The van der Waals surface area contributed by atoms with Gasteiger partial charge in [-0.25, -0.2) is 0 Å². The van der Waals surface area contributed by atoms with Gasteiger partial charge in [-0.15, -0.1) is 0 Å². The molecule has 2 bridgehead atoms. The van der Waals surface area contributed by atoms with Crippen LogP contribution in [0.15, 0.2) is 22.8 Å². The SMILES string of the molecule is CN(CC(=O)NC(=O)c1ccco1)C1CC2CCC(C1)N2. The molecule has 0 saturated carbocycles. The Morgan fingerprint density at radius 1 is 1.38 bits per heavy atom. The maximum atomic E-state index is 11.9. The zero-order valence-corrected chi connectivity index (χ0v) is 12.2. The lowest BCUT2D eigenvalue weighted by Gasteiger charge is -2.35. The van der Waals surface area contributed by atoms with Crippen molar-refractivity contribution in [1.82, 2.24) is 15.5 Å². The zero-order valence-electron chi connectivity index (χ0n) is 12.2. The van der Waals surface area contributed by atoms with Crippen LogP contribution in [0, 0.1) is 0 Å². The van der Waals surface area contributed by atoms with Crippen molar-refractivity contribution in [3.63, 3.8) is 0 Å². The predicted octanol–water partition coefficient (Wildman–Crippen LogP) is 0.751. The first-order valence-electron chi connectivity index (χ1n) is 7.46. The third-order valence-corrected chi connectivity index (χ3v) is 4.46. The van der Waals surface area contributed by atoms with Crippen molar-refractivity contribution in [2.75, 3.05) is 13.6 Å². The number of rotatable bonds is 4. The van der Waals surface area contributed by atoms with E-state index in [0.717, 1.165) is 12.8 Å². The highest BCUT2D eigenvalue weighted by Gasteiger charge is 2.35. The quantitative estimate of drug-likeness (QED) is 0.856. The molecule has 6 nitrogen and oxygen atoms in total. The van der Waals surface area contributed by atoms with E-state index >= 15 is 0 Å². The normalized spacial score (nSPS) is 27.8. The lowest BCUT2D eigenvalue weighted by Crippen LogP contribution is -2.49. The van der Waals surface area contributed by atoms with Crippen molar-refractivity contribution in [3.05, 3.63) is 24.2 Å². The second kappa shape index (κ2) is 5.99. The number of fused-ring (bicyclic) bond motifs is 2. The molecule has 2 aliphatic rings. The molecule has 2 N–H and O–H groups in total. The number of hydrogen-bond donors (Lipinski definition) is 2. The van der Waals surface area contributed by atoms with Gasteiger partial charge in [0.2, 0.25) is 5.91 Å². The highest BCUT2D eigenvalue weighted by atomic mass is 16.3. The molecule has 1 aromatic rings. The summed E-state index contributed by atoms with van der Waals surface area (Å²) in [6.07, 6.45) is 6.03. The van der Waals surface area contributed by atoms with Crippen LogP contribution < -0.4 is 10.6 Å². The number of carbonyl (C=O) groups is 2.